The van der Waals surface area contributed by atoms with Gasteiger partial charge in [0.15, 0.2) is 0 Å². The van der Waals surface area contributed by atoms with Crippen molar-refractivity contribution in [2.24, 2.45) is 11.7 Å². The smallest absolute Gasteiger partial charge is 0.244 e. The Morgan fingerprint density at radius 3 is 2.70 bits per heavy atom. The molecule has 0 spiro atoms. The third kappa shape index (κ3) is 3.40. The lowest BCUT2D eigenvalue weighted by Crippen LogP contribution is -2.57. The number of carbonyl (C=O) groups is 1. The minimum absolute atomic E-state index is 0.125. The fraction of sp³-hybridized carbons (Fsp3) is 0.533. The minimum atomic E-state index is -1.02. The van der Waals surface area contributed by atoms with Crippen LogP contribution in [0.5, 0.6) is 0 Å². The van der Waals surface area contributed by atoms with Crippen molar-refractivity contribution in [3.63, 3.8) is 0 Å². The van der Waals surface area contributed by atoms with Gasteiger partial charge in [0.05, 0.1) is 0 Å². The van der Waals surface area contributed by atoms with Gasteiger partial charge in [-0.2, -0.15) is 0 Å². The highest BCUT2D eigenvalue weighted by Crippen LogP contribution is 2.21. The Balaban J connectivity index is 2.08. The van der Waals surface area contributed by atoms with Crippen LogP contribution in [0.2, 0.25) is 0 Å². The van der Waals surface area contributed by atoms with Crippen molar-refractivity contribution in [2.75, 3.05) is 13.1 Å². The van der Waals surface area contributed by atoms with Crippen molar-refractivity contribution in [2.45, 2.75) is 31.8 Å². The number of piperidine rings is 1. The normalized spacial score (nSPS) is 25.8. The van der Waals surface area contributed by atoms with Gasteiger partial charge in [-0.05, 0) is 43.5 Å². The summed E-state index contributed by atoms with van der Waals surface area (Å²) in [4.78, 5) is 12.5. The molecule has 1 aromatic rings. The van der Waals surface area contributed by atoms with E-state index in [0.717, 1.165) is 29.5 Å². The summed E-state index contributed by atoms with van der Waals surface area (Å²) in [7, 11) is 0. The molecule has 1 aliphatic heterocycles. The lowest BCUT2D eigenvalue weighted by atomic mass is 9.89. The Kier molecular flexibility index (Phi) is 4.83. The van der Waals surface area contributed by atoms with Crippen LogP contribution in [0.25, 0.3) is 0 Å². The first-order valence-electron chi connectivity index (χ1n) is 6.98. The highest BCUT2D eigenvalue weighted by molar-refractivity contribution is 9.10. The van der Waals surface area contributed by atoms with Crippen molar-refractivity contribution < 1.29 is 4.79 Å². The number of halogens is 1. The quantitative estimate of drug-likeness (QED) is 0.785. The second kappa shape index (κ2) is 6.24. The Morgan fingerprint density at radius 1 is 1.45 bits per heavy atom. The van der Waals surface area contributed by atoms with Crippen molar-refractivity contribution in [1.82, 2.24) is 10.6 Å². The van der Waals surface area contributed by atoms with Crippen LogP contribution < -0.4 is 16.4 Å². The summed E-state index contributed by atoms with van der Waals surface area (Å²) in [5.41, 5.74) is 6.04. The Bertz CT molecular complexity index is 473. The predicted octanol–water partition coefficient (Wildman–Crippen LogP) is 1.74. The topological polar surface area (TPSA) is 67.1 Å². The molecule has 1 heterocycles. The summed E-state index contributed by atoms with van der Waals surface area (Å²) >= 11 is 3.39. The molecule has 4 N–H and O–H groups in total. The van der Waals surface area contributed by atoms with E-state index in [-0.39, 0.29) is 11.9 Å². The van der Waals surface area contributed by atoms with Gasteiger partial charge in [0.25, 0.3) is 0 Å². The van der Waals surface area contributed by atoms with E-state index in [1.807, 2.05) is 24.3 Å². The van der Waals surface area contributed by atoms with Crippen LogP contribution in [0.3, 0.4) is 0 Å². The Morgan fingerprint density at radius 2 is 2.10 bits per heavy atom. The predicted molar refractivity (Wildman–Crippen MR) is 84.3 cm³/mol. The highest BCUT2D eigenvalue weighted by atomic mass is 79.9. The molecule has 5 heteroatoms. The number of amides is 1. The molecule has 0 aliphatic carbocycles. The van der Waals surface area contributed by atoms with Crippen LogP contribution in [-0.4, -0.2) is 25.0 Å². The van der Waals surface area contributed by atoms with Crippen molar-refractivity contribution in [3.8, 4) is 0 Å². The second-order valence-electron chi connectivity index (χ2n) is 5.76. The molecule has 1 fully saturated rings. The van der Waals surface area contributed by atoms with Gasteiger partial charge in [0.2, 0.25) is 5.91 Å². The third-order valence-corrected chi connectivity index (χ3v) is 4.59. The van der Waals surface area contributed by atoms with Gasteiger partial charge >= 0.3 is 0 Å². The first-order chi connectivity index (χ1) is 9.41. The molecule has 2 rings (SSSR count). The lowest BCUT2D eigenvalue weighted by Gasteiger charge is -2.33. The summed E-state index contributed by atoms with van der Waals surface area (Å²) in [6.07, 6.45) is 1.07. The Labute approximate surface area is 128 Å². The maximum absolute atomic E-state index is 12.5. The van der Waals surface area contributed by atoms with E-state index in [9.17, 15) is 4.79 Å². The van der Waals surface area contributed by atoms with Gasteiger partial charge in [-0.1, -0.05) is 35.0 Å². The number of carbonyl (C=O) groups excluding carboxylic acids is 1. The van der Waals surface area contributed by atoms with E-state index in [4.69, 9.17) is 5.73 Å². The Hall–Kier alpha value is -0.910. The van der Waals surface area contributed by atoms with Crippen LogP contribution in [0.1, 0.15) is 25.8 Å². The molecular weight excluding hydrogens is 318 g/mol. The molecule has 3 atom stereocenters. The van der Waals surface area contributed by atoms with E-state index >= 15 is 0 Å². The molecule has 1 aliphatic rings. The molecule has 0 radical (unpaired) electrons. The average Bonchev–Trinajstić information content (AvgIpc) is 2.41. The lowest BCUT2D eigenvalue weighted by molar-refractivity contribution is -0.127. The summed E-state index contributed by atoms with van der Waals surface area (Å²) in [6.45, 7) is 5.75. The van der Waals surface area contributed by atoms with Crippen molar-refractivity contribution in [1.29, 1.82) is 0 Å². The standard InChI is InChI=1S/C15H22BrN3O/c1-10-7-8-18-9-13(10)19-14(20)15(2,17)11-3-5-12(16)6-4-11/h3-6,10,13,18H,7-9,17H2,1-2H3,(H,19,20). The number of rotatable bonds is 3. The number of hydrogen-bond acceptors (Lipinski definition) is 3. The van der Waals surface area contributed by atoms with Gasteiger partial charge in [0.1, 0.15) is 5.54 Å². The number of nitrogens with two attached hydrogens (primary N) is 1. The van der Waals surface area contributed by atoms with Gasteiger partial charge in [-0.25, -0.2) is 0 Å². The maximum Gasteiger partial charge on any atom is 0.244 e. The van der Waals surface area contributed by atoms with E-state index in [1.165, 1.54) is 0 Å². The van der Waals surface area contributed by atoms with Gasteiger partial charge in [-0.3, -0.25) is 4.79 Å². The fourth-order valence-electron chi connectivity index (χ4n) is 2.43. The van der Waals surface area contributed by atoms with Gasteiger partial charge < -0.3 is 16.4 Å². The van der Waals surface area contributed by atoms with Gasteiger partial charge in [-0.15, -0.1) is 0 Å². The van der Waals surface area contributed by atoms with Crippen LogP contribution in [0, 0.1) is 5.92 Å². The van der Waals surface area contributed by atoms with E-state index < -0.39 is 5.54 Å². The molecule has 20 heavy (non-hydrogen) atoms. The first kappa shape index (κ1) is 15.5. The largest absolute Gasteiger partial charge is 0.350 e. The molecule has 1 aromatic carbocycles. The minimum Gasteiger partial charge on any atom is -0.350 e. The summed E-state index contributed by atoms with van der Waals surface area (Å²) in [5, 5.41) is 6.39. The number of hydrogen-bond donors (Lipinski definition) is 3. The molecule has 0 bridgehead atoms. The molecule has 0 saturated carbocycles. The zero-order chi connectivity index (χ0) is 14.8. The average molecular weight is 340 g/mol. The van der Waals surface area contributed by atoms with Crippen LogP contribution >= 0.6 is 15.9 Å². The molecule has 1 saturated heterocycles. The molecule has 110 valence electrons. The van der Waals surface area contributed by atoms with Crippen LogP contribution in [0.4, 0.5) is 0 Å². The maximum atomic E-state index is 12.5. The summed E-state index contributed by atoms with van der Waals surface area (Å²) in [5.74, 6) is 0.348. The molecular formula is C15H22BrN3O. The van der Waals surface area contributed by atoms with Crippen molar-refractivity contribution in [3.05, 3.63) is 34.3 Å². The van der Waals surface area contributed by atoms with Crippen molar-refractivity contribution >= 4 is 21.8 Å². The molecule has 1 amide bonds. The number of benzene rings is 1. The van der Waals surface area contributed by atoms with E-state index in [2.05, 4.69) is 33.5 Å². The van der Waals surface area contributed by atoms with Crippen LogP contribution in [0.15, 0.2) is 28.7 Å². The van der Waals surface area contributed by atoms with E-state index in [0.29, 0.717) is 5.92 Å². The summed E-state index contributed by atoms with van der Waals surface area (Å²) in [6, 6.07) is 7.71. The zero-order valence-electron chi connectivity index (χ0n) is 11.9. The van der Waals surface area contributed by atoms with Crippen LogP contribution in [-0.2, 0) is 10.3 Å². The third-order valence-electron chi connectivity index (χ3n) is 4.06. The first-order valence-corrected chi connectivity index (χ1v) is 7.77. The van der Waals surface area contributed by atoms with E-state index in [1.54, 1.807) is 6.92 Å². The SMILES string of the molecule is CC1CCNCC1NC(=O)C(C)(N)c1ccc(Br)cc1. The monoisotopic (exact) mass is 339 g/mol. The fourth-order valence-corrected chi connectivity index (χ4v) is 2.69. The van der Waals surface area contributed by atoms with Gasteiger partial charge in [0, 0.05) is 17.1 Å². The summed E-state index contributed by atoms with van der Waals surface area (Å²) < 4.78 is 0.975. The second-order valence-corrected chi connectivity index (χ2v) is 6.67. The molecule has 4 nitrogen and oxygen atoms in total. The highest BCUT2D eigenvalue weighted by Gasteiger charge is 2.33. The molecule has 0 aromatic heterocycles. The molecule has 3 unspecified atom stereocenters. The zero-order valence-corrected chi connectivity index (χ0v) is 13.5. The number of nitrogens with one attached hydrogen (secondary N) is 2.